The molecule has 0 aromatic heterocycles. The van der Waals surface area contributed by atoms with Crippen LogP contribution in [0.2, 0.25) is 0 Å². The molecule has 352 valence electrons. The van der Waals surface area contributed by atoms with E-state index in [0.717, 1.165) is 6.92 Å². The fourth-order valence-electron chi connectivity index (χ4n) is 5.39. The predicted molar refractivity (Wildman–Crippen MR) is 219 cm³/mol. The number of amides is 6. The summed E-state index contributed by atoms with van der Waals surface area (Å²) in [5, 5.41) is 61.9. The fraction of sp³-hybridized carbons (Fsp3) is 0.686. The van der Waals surface area contributed by atoms with Crippen molar-refractivity contribution in [1.29, 1.82) is 0 Å². The van der Waals surface area contributed by atoms with Crippen molar-refractivity contribution in [1.82, 2.24) is 31.9 Å². The van der Waals surface area contributed by atoms with Crippen molar-refractivity contribution in [2.24, 2.45) is 44.6 Å². The van der Waals surface area contributed by atoms with Gasteiger partial charge >= 0.3 is 17.9 Å². The lowest BCUT2D eigenvalue weighted by molar-refractivity contribution is -0.143. The summed E-state index contributed by atoms with van der Waals surface area (Å²) >= 11 is 0. The quantitative estimate of drug-likeness (QED) is 0.0175. The Morgan fingerprint density at radius 1 is 0.532 bits per heavy atom. The second-order valence-corrected chi connectivity index (χ2v) is 14.6. The highest BCUT2D eigenvalue weighted by atomic mass is 16.4. The van der Waals surface area contributed by atoms with E-state index in [2.05, 4.69) is 41.9 Å². The zero-order valence-corrected chi connectivity index (χ0v) is 34.9. The molecule has 27 heteroatoms. The molecule has 0 aliphatic carbocycles. The van der Waals surface area contributed by atoms with E-state index in [-0.39, 0.29) is 69.5 Å². The van der Waals surface area contributed by atoms with Gasteiger partial charge in [0.1, 0.15) is 36.3 Å². The largest absolute Gasteiger partial charge is 0.481 e. The maximum atomic E-state index is 13.7. The Morgan fingerprint density at radius 2 is 0.935 bits per heavy atom. The van der Waals surface area contributed by atoms with Crippen LogP contribution in [0.1, 0.15) is 78.6 Å². The predicted octanol–water partition coefficient (Wildman–Crippen LogP) is -6.44. The van der Waals surface area contributed by atoms with Gasteiger partial charge in [0.25, 0.3) is 0 Å². The Labute approximate surface area is 356 Å². The molecule has 0 aliphatic heterocycles. The lowest BCUT2D eigenvalue weighted by atomic mass is 10.0. The third kappa shape index (κ3) is 23.4. The number of nitrogens with zero attached hydrogens (tertiary/aromatic N) is 2. The number of carboxylic acids is 3. The molecule has 27 nitrogen and oxygen atoms in total. The third-order valence-corrected chi connectivity index (χ3v) is 8.64. The minimum absolute atomic E-state index is 0.00193. The van der Waals surface area contributed by atoms with Gasteiger partial charge in [0.2, 0.25) is 35.4 Å². The van der Waals surface area contributed by atoms with Crippen LogP contribution in [0.3, 0.4) is 0 Å². The summed E-state index contributed by atoms with van der Waals surface area (Å²) in [6, 6.07) is -10.9. The first-order chi connectivity index (χ1) is 28.9. The number of carbonyl (C=O) groups excluding carboxylic acids is 6. The van der Waals surface area contributed by atoms with Gasteiger partial charge in [0.05, 0.1) is 18.8 Å². The van der Waals surface area contributed by atoms with Gasteiger partial charge in [0.15, 0.2) is 11.9 Å². The first-order valence-corrected chi connectivity index (χ1v) is 19.5. The zero-order chi connectivity index (χ0) is 47.7. The molecule has 0 aromatic carbocycles. The molecule has 8 atom stereocenters. The highest BCUT2D eigenvalue weighted by Crippen LogP contribution is 2.10. The number of nitrogens with one attached hydrogen (secondary N) is 6. The highest BCUT2D eigenvalue weighted by molar-refractivity contribution is 5.97. The second-order valence-electron chi connectivity index (χ2n) is 14.6. The van der Waals surface area contributed by atoms with Crippen molar-refractivity contribution in [3.63, 3.8) is 0 Å². The van der Waals surface area contributed by atoms with E-state index in [0.29, 0.717) is 0 Å². The molecule has 21 N–H and O–H groups in total. The summed E-state index contributed by atoms with van der Waals surface area (Å²) in [4.78, 5) is 121. The number of carbonyl (C=O) groups is 9. The molecule has 0 saturated carbocycles. The molecule has 0 radical (unpaired) electrons. The fourth-order valence-corrected chi connectivity index (χ4v) is 5.39. The zero-order valence-electron chi connectivity index (χ0n) is 34.9. The summed E-state index contributed by atoms with van der Waals surface area (Å²) in [7, 11) is 0. The monoisotopic (exact) mass is 889 g/mol. The average Bonchev–Trinajstić information content (AvgIpc) is 3.17. The van der Waals surface area contributed by atoms with Gasteiger partial charge in [-0.2, -0.15) is 0 Å². The number of nitrogens with two attached hydrogens (primary N) is 5. The van der Waals surface area contributed by atoms with Crippen LogP contribution in [0.15, 0.2) is 9.98 Å². The van der Waals surface area contributed by atoms with Crippen LogP contribution in [-0.4, -0.2) is 159 Å². The van der Waals surface area contributed by atoms with E-state index in [1.807, 2.05) is 0 Å². The standard InChI is InChI=1S/C35H63N13O14/c1-16(2)14-22(30(58)44-20(7-5-13-42-35(39)40)28(56)45-21(33(61)62)9-11-25(53)54)46-32(60)26(17(3)50)48-31(59)23(15-49)47-29(57)19(6-4-12-41-34(37)38)43-27(55)18(36)8-10-24(51)52/h16-23,26,49-50H,4-15,36H2,1-3H3,(H,43,55)(H,44,58)(H,45,56)(H,46,60)(H,47,57)(H,48,59)(H,51,52)(H,53,54)(H,61,62)(H4,37,38,41)(H4,39,40,42)/t17-,18+,19+,20+,21+,22+,23+,26+/m1/s1. The van der Waals surface area contributed by atoms with Crippen molar-refractivity contribution in [3.8, 4) is 0 Å². The summed E-state index contributed by atoms with van der Waals surface area (Å²) < 4.78 is 0. The normalized spacial score (nSPS) is 14.8. The molecule has 0 aromatic rings. The SMILES string of the molecule is CC(C)C[C@H](NC(=O)[C@@H](NC(=O)[C@H](CO)NC(=O)[C@H](CCCN=C(N)N)NC(=O)[C@@H](N)CCC(=O)O)[C@@H](C)O)C(=O)N[C@@H](CCCN=C(N)N)C(=O)N[C@@H](CCC(=O)O)C(=O)O. The van der Waals surface area contributed by atoms with Crippen molar-refractivity contribution < 1.29 is 68.7 Å². The molecule has 0 fully saturated rings. The lowest BCUT2D eigenvalue weighted by Gasteiger charge is -2.28. The van der Waals surface area contributed by atoms with Crippen LogP contribution >= 0.6 is 0 Å². The topological polar surface area (TPSA) is 482 Å². The number of guanidine groups is 2. The van der Waals surface area contributed by atoms with Gasteiger partial charge in [-0.25, -0.2) is 4.79 Å². The molecule has 0 unspecified atom stereocenters. The summed E-state index contributed by atoms with van der Waals surface area (Å²) in [6.45, 7) is 3.46. The number of carboxylic acid groups (broad SMARTS) is 3. The van der Waals surface area contributed by atoms with Crippen LogP contribution in [0, 0.1) is 5.92 Å². The highest BCUT2D eigenvalue weighted by Gasteiger charge is 2.35. The van der Waals surface area contributed by atoms with Crippen LogP contribution in [0.25, 0.3) is 0 Å². The van der Waals surface area contributed by atoms with Gasteiger partial charge in [-0.1, -0.05) is 13.8 Å². The van der Waals surface area contributed by atoms with Gasteiger partial charge in [0, 0.05) is 25.9 Å². The van der Waals surface area contributed by atoms with E-state index in [4.69, 9.17) is 38.9 Å². The van der Waals surface area contributed by atoms with Crippen LogP contribution < -0.4 is 60.6 Å². The molecule has 62 heavy (non-hydrogen) atoms. The average molecular weight is 890 g/mol. The minimum Gasteiger partial charge on any atom is -0.481 e. The smallest absolute Gasteiger partial charge is 0.326 e. The Bertz CT molecular complexity index is 1600. The summed E-state index contributed by atoms with van der Waals surface area (Å²) in [6.07, 6.45) is -3.58. The van der Waals surface area contributed by atoms with E-state index >= 15 is 0 Å². The maximum Gasteiger partial charge on any atom is 0.326 e. The molecule has 0 rings (SSSR count). The summed E-state index contributed by atoms with van der Waals surface area (Å²) in [5.41, 5.74) is 27.1. The number of hydrogen-bond donors (Lipinski definition) is 16. The van der Waals surface area contributed by atoms with Crippen LogP contribution in [0.4, 0.5) is 0 Å². The first kappa shape index (κ1) is 55.7. The third-order valence-electron chi connectivity index (χ3n) is 8.64. The molecule has 0 aliphatic rings. The van der Waals surface area contributed by atoms with E-state index in [9.17, 15) is 58.5 Å². The number of aliphatic carboxylic acids is 3. The Balaban J connectivity index is 6.26. The van der Waals surface area contributed by atoms with Crippen molar-refractivity contribution in [2.45, 2.75) is 127 Å². The van der Waals surface area contributed by atoms with E-state index < -0.39 is 128 Å². The Kier molecular flexibility index (Phi) is 26.0. The molecule has 6 amide bonds. The number of aliphatic hydroxyl groups excluding tert-OH is 2. The number of aliphatic imine (C=N–C) groups is 2. The number of hydrogen-bond acceptors (Lipinski definition) is 14. The van der Waals surface area contributed by atoms with E-state index in [1.165, 1.54) is 0 Å². The second kappa shape index (κ2) is 29.0. The molecule has 0 saturated heterocycles. The van der Waals surface area contributed by atoms with Crippen LogP contribution in [0.5, 0.6) is 0 Å². The van der Waals surface area contributed by atoms with Gasteiger partial charge in [-0.15, -0.1) is 0 Å². The lowest BCUT2D eigenvalue weighted by Crippen LogP contribution is -2.62. The molecular weight excluding hydrogens is 826 g/mol. The number of aliphatic hydroxyl groups is 2. The van der Waals surface area contributed by atoms with Crippen molar-refractivity contribution >= 4 is 65.3 Å². The van der Waals surface area contributed by atoms with E-state index in [1.54, 1.807) is 13.8 Å². The molecule has 0 spiro atoms. The molecular formula is C35H63N13O14. The first-order valence-electron chi connectivity index (χ1n) is 19.5. The Hall–Kier alpha value is -6.35. The maximum absolute atomic E-state index is 13.7. The van der Waals surface area contributed by atoms with Gasteiger partial charge in [-0.3, -0.25) is 48.3 Å². The summed E-state index contributed by atoms with van der Waals surface area (Å²) in [5.74, 6) is -11.0. The minimum atomic E-state index is -1.82. The van der Waals surface area contributed by atoms with Crippen LogP contribution in [-0.2, 0) is 43.2 Å². The Morgan fingerprint density at radius 3 is 1.35 bits per heavy atom. The van der Waals surface area contributed by atoms with Crippen molar-refractivity contribution in [2.75, 3.05) is 19.7 Å². The molecule has 0 bridgehead atoms. The molecule has 0 heterocycles. The van der Waals surface area contributed by atoms with Gasteiger partial charge < -0.3 is 86.1 Å². The van der Waals surface area contributed by atoms with Gasteiger partial charge in [-0.05, 0) is 57.8 Å². The van der Waals surface area contributed by atoms with Crippen molar-refractivity contribution in [3.05, 3.63) is 0 Å². The number of rotatable bonds is 31.